The van der Waals surface area contributed by atoms with E-state index in [-0.39, 0.29) is 0 Å². The molecule has 28 rings (SSSR count). The Morgan fingerprint density at radius 3 is 0.645 bits per heavy atom. The minimum atomic E-state index is 0.577. The lowest BCUT2D eigenvalue weighted by Gasteiger charge is -2.12. The molecule has 15 heteroatoms. The zero-order valence-electron chi connectivity index (χ0n) is 75.8. The van der Waals surface area contributed by atoms with Gasteiger partial charge in [-0.25, -0.2) is 59.8 Å². The Morgan fingerprint density at radius 1 is 0.128 bits per heavy atom. The molecule has 0 aliphatic carbocycles. The summed E-state index contributed by atoms with van der Waals surface area (Å²) in [5.74, 6) is 8.00. The van der Waals surface area contributed by atoms with Crippen LogP contribution in [0, 0.1) is 0 Å². The van der Waals surface area contributed by atoms with Crippen molar-refractivity contribution >= 4 is 130 Å². The SMILES string of the molecule is c1ccc(-c2ccc(-c3nc(-c4ccccc4)nc(-c4ccc(-n5c6ccccc6c6c7ccccc7ccc65)nc4)n3)cc2)cc1.c1ccc(-c2nc(-c3ccc(-n4c5ccccc5c5c6ccccc6ccc54)nc3)nc(-c3cccc4ccccc34)n2)cc1.c1ccc2c(-c3nc(-c4ccc(-n5c6ccccc6c6c7ccccc7ccc65)nc4)nc(-c4cccc5ccccc45)n3)cccc2c1. The van der Waals surface area contributed by atoms with Crippen molar-refractivity contribution in [1.82, 2.24) is 73.5 Å². The molecule has 28 aromatic rings. The fraction of sp³-hybridized carbons (Fsp3) is 0. The van der Waals surface area contributed by atoms with Crippen LogP contribution in [0.3, 0.4) is 0 Å². The van der Waals surface area contributed by atoms with E-state index in [1.807, 2.05) is 97.5 Å². The lowest BCUT2D eigenvalue weighted by Crippen LogP contribution is -2.02. The van der Waals surface area contributed by atoms with Crippen LogP contribution >= 0.6 is 0 Å². The maximum Gasteiger partial charge on any atom is 0.165 e. The topological polar surface area (TPSA) is 169 Å². The molecular weight excluding hydrogens is 1720 g/mol. The Bertz CT molecular complexity index is 9620. The second-order valence-corrected chi connectivity index (χ2v) is 35.0. The van der Waals surface area contributed by atoms with Gasteiger partial charge in [0, 0.05) is 101 Å². The first kappa shape index (κ1) is 82.3. The van der Waals surface area contributed by atoms with Gasteiger partial charge in [-0.05, 0) is 149 Å². The first-order chi connectivity index (χ1) is 69.9. The van der Waals surface area contributed by atoms with Crippen molar-refractivity contribution < 1.29 is 0 Å². The number of fused-ring (bicyclic) bond motifs is 18. The number of nitrogens with zero attached hydrogens (tertiary/aromatic N) is 15. The van der Waals surface area contributed by atoms with Crippen LogP contribution in [-0.2, 0) is 0 Å². The number of hydrogen-bond acceptors (Lipinski definition) is 12. The van der Waals surface area contributed by atoms with Crippen LogP contribution in [0.1, 0.15) is 0 Å². The van der Waals surface area contributed by atoms with Gasteiger partial charge in [0.2, 0.25) is 0 Å². The van der Waals surface area contributed by atoms with Gasteiger partial charge in [0.05, 0.1) is 33.1 Å². The molecule has 9 aromatic heterocycles. The van der Waals surface area contributed by atoms with Gasteiger partial charge in [-0.1, -0.05) is 388 Å². The third kappa shape index (κ3) is 15.0. The molecule has 0 radical (unpaired) electrons. The summed E-state index contributed by atoms with van der Waals surface area (Å²) >= 11 is 0. The molecule has 0 saturated carbocycles. The molecular formula is C126H79N15. The summed E-state index contributed by atoms with van der Waals surface area (Å²) in [6.45, 7) is 0. The minimum absolute atomic E-state index is 0.577. The summed E-state index contributed by atoms with van der Waals surface area (Å²) < 4.78 is 6.73. The molecule has 15 nitrogen and oxygen atoms in total. The first-order valence-electron chi connectivity index (χ1n) is 47.0. The molecule has 658 valence electrons. The van der Waals surface area contributed by atoms with Crippen LogP contribution in [0.15, 0.2) is 480 Å². The fourth-order valence-electron chi connectivity index (χ4n) is 20.1. The van der Waals surface area contributed by atoms with Crippen molar-refractivity contribution in [2.24, 2.45) is 0 Å². The van der Waals surface area contributed by atoms with E-state index in [9.17, 15) is 0 Å². The number of para-hydroxylation sites is 3. The molecule has 0 unspecified atom stereocenters. The van der Waals surface area contributed by atoms with Crippen molar-refractivity contribution in [2.75, 3.05) is 0 Å². The van der Waals surface area contributed by atoms with Crippen LogP contribution in [0.2, 0.25) is 0 Å². The second kappa shape index (κ2) is 35.1. The number of pyridine rings is 3. The highest BCUT2D eigenvalue weighted by atomic mass is 15.1. The summed E-state index contributed by atoms with van der Waals surface area (Å²) in [6, 6.07) is 159. The van der Waals surface area contributed by atoms with Crippen molar-refractivity contribution in [3.63, 3.8) is 0 Å². The maximum absolute atomic E-state index is 5.10. The van der Waals surface area contributed by atoms with Gasteiger partial charge in [-0.2, -0.15) is 0 Å². The highest BCUT2D eigenvalue weighted by Gasteiger charge is 2.25. The standard InChI is InChI=1S/C44H27N5.C42H27N5.C40H25N5/c1-4-16-32-28(11-1)14-9-20-35(32)43-46-42(47-44(48-43)36-21-10-15-29-12-2-5-17-33(29)36)31-24-26-40(45-27-31)49-38-22-8-7-19-37(38)41-34-18-6-3-13-30(34)23-25-39(41)49;1-3-11-28(12-4-1)29-19-21-32(22-20-29)41-44-40(31-14-5-2-6-15-31)45-42(46-41)33-24-26-38(43-27-33)47-36-18-10-9-17-35(36)39-34-16-8-7-13-30(34)23-25-37(39)47;1-2-13-28(14-3-1)38-42-39(44-40(43-38)32-19-10-15-26-11-4-6-16-30(26)32)29-22-24-36(41-25-29)45-34-20-9-8-18-33(34)37-31-17-7-5-12-27(31)21-23-35(37)45/h1-27H;1-27H;1-25H. The monoisotopic (exact) mass is 1800 g/mol. The summed E-state index contributed by atoms with van der Waals surface area (Å²) in [4.78, 5) is 60.0. The third-order valence-electron chi connectivity index (χ3n) is 26.7. The average Bonchev–Trinajstić information content (AvgIpc) is 1.58. The van der Waals surface area contributed by atoms with Crippen LogP contribution in [0.25, 0.3) is 261 Å². The lowest BCUT2D eigenvalue weighted by atomic mass is 10.0. The normalized spacial score (nSPS) is 11.5. The largest absolute Gasteiger partial charge is 0.294 e. The van der Waals surface area contributed by atoms with E-state index in [1.54, 1.807) is 0 Å². The Morgan fingerprint density at radius 2 is 0.340 bits per heavy atom. The van der Waals surface area contributed by atoms with Crippen molar-refractivity contribution in [1.29, 1.82) is 0 Å². The van der Waals surface area contributed by atoms with E-state index in [0.29, 0.717) is 52.4 Å². The summed E-state index contributed by atoms with van der Waals surface area (Å²) in [6.07, 6.45) is 5.61. The zero-order valence-corrected chi connectivity index (χ0v) is 75.8. The molecule has 0 spiro atoms. The smallest absolute Gasteiger partial charge is 0.165 e. The molecule has 0 N–H and O–H groups in total. The molecule has 0 saturated heterocycles. The first-order valence-corrected chi connectivity index (χ1v) is 47.0. The minimum Gasteiger partial charge on any atom is -0.294 e. The number of aromatic nitrogens is 15. The highest BCUT2D eigenvalue weighted by molar-refractivity contribution is 6.24. The third-order valence-corrected chi connectivity index (χ3v) is 26.7. The van der Waals surface area contributed by atoms with E-state index in [1.165, 1.54) is 70.2 Å². The molecule has 0 aliphatic heterocycles. The highest BCUT2D eigenvalue weighted by Crippen LogP contribution is 2.43. The predicted octanol–water partition coefficient (Wildman–Crippen LogP) is 30.7. The van der Waals surface area contributed by atoms with Gasteiger partial charge in [-0.3, -0.25) is 13.7 Å². The number of hydrogen-bond donors (Lipinski definition) is 0. The number of rotatable bonds is 13. The maximum atomic E-state index is 5.10. The lowest BCUT2D eigenvalue weighted by molar-refractivity contribution is 1.05. The molecule has 0 fully saturated rings. The summed E-state index contributed by atoms with van der Waals surface area (Å²) in [5.41, 5.74) is 17.2. The van der Waals surface area contributed by atoms with E-state index in [4.69, 9.17) is 59.8 Å². The van der Waals surface area contributed by atoms with Crippen LogP contribution in [0.5, 0.6) is 0 Å². The Balaban J connectivity index is 0.000000109. The van der Waals surface area contributed by atoms with Gasteiger partial charge in [0.1, 0.15) is 17.5 Å². The Hall–Kier alpha value is -19.4. The Labute approximate surface area is 808 Å². The van der Waals surface area contributed by atoms with Gasteiger partial charge in [-0.15, -0.1) is 0 Å². The van der Waals surface area contributed by atoms with Crippen LogP contribution in [-0.4, -0.2) is 73.5 Å². The van der Waals surface area contributed by atoms with Crippen molar-refractivity contribution in [3.05, 3.63) is 480 Å². The Kier molecular flexibility index (Phi) is 20.5. The second-order valence-electron chi connectivity index (χ2n) is 35.0. The summed E-state index contributed by atoms with van der Waals surface area (Å²) in [7, 11) is 0. The average molecular weight is 1800 g/mol. The predicted molar refractivity (Wildman–Crippen MR) is 575 cm³/mol. The van der Waals surface area contributed by atoms with Crippen molar-refractivity contribution in [2.45, 2.75) is 0 Å². The molecule has 0 aliphatic rings. The fourth-order valence-corrected chi connectivity index (χ4v) is 20.1. The van der Waals surface area contributed by atoms with E-state index < -0.39 is 0 Å². The quantitative estimate of drug-likeness (QED) is 0.107. The van der Waals surface area contributed by atoms with E-state index in [0.717, 1.165) is 139 Å². The molecule has 141 heavy (non-hydrogen) atoms. The van der Waals surface area contributed by atoms with Crippen LogP contribution < -0.4 is 0 Å². The molecule has 19 aromatic carbocycles. The molecule has 9 heterocycles. The summed E-state index contributed by atoms with van der Waals surface area (Å²) in [5, 5.41) is 21.4. The molecule has 0 amide bonds. The van der Waals surface area contributed by atoms with Crippen molar-refractivity contribution in [3.8, 4) is 131 Å². The van der Waals surface area contributed by atoms with Gasteiger partial charge < -0.3 is 0 Å². The molecule has 0 bridgehead atoms. The van der Waals surface area contributed by atoms with E-state index >= 15 is 0 Å². The van der Waals surface area contributed by atoms with Gasteiger partial charge in [0.25, 0.3) is 0 Å². The zero-order chi connectivity index (χ0) is 93.2. The van der Waals surface area contributed by atoms with Gasteiger partial charge >= 0.3 is 0 Å². The van der Waals surface area contributed by atoms with E-state index in [2.05, 4.69) is 396 Å². The molecule has 0 atom stereocenters. The van der Waals surface area contributed by atoms with Gasteiger partial charge in [0.15, 0.2) is 52.4 Å². The number of benzene rings is 19. The van der Waals surface area contributed by atoms with Crippen LogP contribution in [0.4, 0.5) is 0 Å².